The van der Waals surface area contributed by atoms with Gasteiger partial charge >= 0.3 is 5.97 Å². The summed E-state index contributed by atoms with van der Waals surface area (Å²) in [5.41, 5.74) is 4.77. The number of hydrogen-bond acceptors (Lipinski definition) is 7. The fourth-order valence-electron chi connectivity index (χ4n) is 3.59. The number of hydrogen-bond donors (Lipinski definition) is 3. The van der Waals surface area contributed by atoms with Crippen molar-refractivity contribution in [1.29, 1.82) is 0 Å². The van der Waals surface area contributed by atoms with Crippen molar-refractivity contribution in [3.05, 3.63) is 69.3 Å². The summed E-state index contributed by atoms with van der Waals surface area (Å²) in [7, 11) is 0. The quantitative estimate of drug-likeness (QED) is 0.164. The van der Waals surface area contributed by atoms with Crippen LogP contribution in [0.5, 0.6) is 11.5 Å². The van der Waals surface area contributed by atoms with E-state index in [2.05, 4.69) is 37.1 Å². The molecule has 0 fully saturated rings. The second-order valence-corrected chi connectivity index (χ2v) is 9.58. The SMILES string of the molecule is CCOC(=O)C1=C(C)NC(=S)N[C@H]1c1ccccc1OCC(=O)NN=Cc1cc(Br)ccc1OC(C)C. The molecular weight excluding hydrogens is 560 g/mol. The van der Waals surface area contributed by atoms with Crippen LogP contribution in [0.1, 0.15) is 44.9 Å². The van der Waals surface area contributed by atoms with E-state index >= 15 is 0 Å². The lowest BCUT2D eigenvalue weighted by atomic mass is 9.95. The lowest BCUT2D eigenvalue weighted by Gasteiger charge is -2.30. The van der Waals surface area contributed by atoms with Gasteiger partial charge in [-0.25, -0.2) is 10.2 Å². The van der Waals surface area contributed by atoms with Gasteiger partial charge in [0.2, 0.25) is 0 Å². The number of allylic oxidation sites excluding steroid dienone is 1. The molecule has 1 atom stereocenters. The Morgan fingerprint density at radius 2 is 1.97 bits per heavy atom. The number of nitrogens with zero attached hydrogens (tertiary/aromatic N) is 1. The summed E-state index contributed by atoms with van der Waals surface area (Å²) in [5, 5.41) is 10.5. The van der Waals surface area contributed by atoms with Gasteiger partial charge in [-0.15, -0.1) is 0 Å². The molecule has 0 spiro atoms. The van der Waals surface area contributed by atoms with E-state index in [1.54, 1.807) is 32.0 Å². The minimum atomic E-state index is -0.610. The highest BCUT2D eigenvalue weighted by Gasteiger charge is 2.32. The smallest absolute Gasteiger partial charge is 0.338 e. The van der Waals surface area contributed by atoms with Crippen molar-refractivity contribution < 1.29 is 23.8 Å². The van der Waals surface area contributed by atoms with E-state index in [-0.39, 0.29) is 19.3 Å². The molecule has 1 amide bonds. The molecule has 1 heterocycles. The summed E-state index contributed by atoms with van der Waals surface area (Å²) in [4.78, 5) is 25.1. The van der Waals surface area contributed by atoms with Crippen molar-refractivity contribution >= 4 is 51.4 Å². The molecule has 0 bridgehead atoms. The molecule has 2 aromatic carbocycles. The van der Waals surface area contributed by atoms with Crippen molar-refractivity contribution in [3.8, 4) is 11.5 Å². The summed E-state index contributed by atoms with van der Waals surface area (Å²) >= 11 is 8.73. The number of esters is 1. The van der Waals surface area contributed by atoms with Gasteiger partial charge in [0.15, 0.2) is 11.7 Å². The van der Waals surface area contributed by atoms with Gasteiger partial charge in [-0.2, -0.15) is 5.10 Å². The Morgan fingerprint density at radius 3 is 2.70 bits per heavy atom. The molecule has 0 radical (unpaired) electrons. The number of ether oxygens (including phenoxy) is 3. The zero-order chi connectivity index (χ0) is 26.9. The average molecular weight is 590 g/mol. The van der Waals surface area contributed by atoms with E-state index < -0.39 is 17.9 Å². The third kappa shape index (κ3) is 7.77. The molecular formula is C26H29BrN4O5S. The maximum absolute atomic E-state index is 12.7. The van der Waals surface area contributed by atoms with Gasteiger partial charge in [0.25, 0.3) is 5.91 Å². The first-order valence-electron chi connectivity index (χ1n) is 11.6. The Labute approximate surface area is 229 Å². The number of hydrazone groups is 1. The number of nitrogens with one attached hydrogen (secondary N) is 3. The molecule has 11 heteroatoms. The molecule has 0 saturated carbocycles. The minimum Gasteiger partial charge on any atom is -0.490 e. The van der Waals surface area contributed by atoms with E-state index in [0.717, 1.165) is 4.47 Å². The number of benzene rings is 2. The van der Waals surface area contributed by atoms with Crippen LogP contribution in [0.2, 0.25) is 0 Å². The first-order chi connectivity index (χ1) is 17.7. The van der Waals surface area contributed by atoms with Gasteiger partial charge in [0, 0.05) is 21.3 Å². The molecule has 0 aliphatic carbocycles. The molecule has 37 heavy (non-hydrogen) atoms. The van der Waals surface area contributed by atoms with Crippen molar-refractivity contribution in [2.75, 3.05) is 13.2 Å². The number of carbonyl (C=O) groups excluding carboxylic acids is 2. The molecule has 1 aliphatic heterocycles. The Kier molecular flexibility index (Phi) is 10.0. The van der Waals surface area contributed by atoms with Gasteiger partial charge in [-0.3, -0.25) is 4.79 Å². The molecule has 3 N–H and O–H groups in total. The molecule has 0 aromatic heterocycles. The molecule has 0 unspecified atom stereocenters. The highest BCUT2D eigenvalue weighted by Crippen LogP contribution is 2.33. The summed E-state index contributed by atoms with van der Waals surface area (Å²) in [5.74, 6) is 0.133. The number of rotatable bonds is 10. The monoisotopic (exact) mass is 588 g/mol. The maximum Gasteiger partial charge on any atom is 0.338 e. The van der Waals surface area contributed by atoms with Gasteiger partial charge < -0.3 is 24.8 Å². The number of halogens is 1. The average Bonchev–Trinajstić information content (AvgIpc) is 2.84. The molecule has 2 aromatic rings. The molecule has 3 rings (SSSR count). The summed E-state index contributed by atoms with van der Waals surface area (Å²) < 4.78 is 17.7. The van der Waals surface area contributed by atoms with Crippen LogP contribution < -0.4 is 25.5 Å². The Balaban J connectivity index is 1.71. The molecule has 0 saturated heterocycles. The van der Waals surface area contributed by atoms with Crippen LogP contribution >= 0.6 is 28.1 Å². The number of thiocarbonyl (C=S) groups is 1. The van der Waals surface area contributed by atoms with Crippen LogP contribution in [0, 0.1) is 0 Å². The maximum atomic E-state index is 12.7. The predicted octanol–water partition coefficient (Wildman–Crippen LogP) is 4.12. The van der Waals surface area contributed by atoms with E-state index in [9.17, 15) is 9.59 Å². The van der Waals surface area contributed by atoms with Crippen LogP contribution in [-0.4, -0.2) is 42.5 Å². The highest BCUT2D eigenvalue weighted by atomic mass is 79.9. The Bertz CT molecular complexity index is 1230. The normalized spacial score (nSPS) is 15.3. The lowest BCUT2D eigenvalue weighted by molar-refractivity contribution is -0.139. The van der Waals surface area contributed by atoms with Gasteiger partial charge in [-0.1, -0.05) is 34.1 Å². The van der Waals surface area contributed by atoms with E-state index in [0.29, 0.717) is 39.0 Å². The van der Waals surface area contributed by atoms with Gasteiger partial charge in [0.05, 0.1) is 30.5 Å². The molecule has 9 nitrogen and oxygen atoms in total. The van der Waals surface area contributed by atoms with E-state index in [4.69, 9.17) is 26.4 Å². The van der Waals surface area contributed by atoms with E-state index in [1.165, 1.54) is 6.21 Å². The standard InChI is InChI=1S/C26H29BrN4O5S/c1-5-34-25(33)23-16(4)29-26(37)30-24(23)19-8-6-7-9-21(19)35-14-22(32)31-28-13-17-12-18(27)10-11-20(17)36-15(2)3/h6-13,15,24H,5,14H2,1-4H3,(H,31,32)(H2,29,30,37)/t24-/m0/s1. The third-order valence-electron chi connectivity index (χ3n) is 5.08. The summed E-state index contributed by atoms with van der Waals surface area (Å²) in [6.07, 6.45) is 1.50. The number of para-hydroxylation sites is 1. The topological polar surface area (TPSA) is 110 Å². The van der Waals surface area contributed by atoms with Crippen molar-refractivity contribution in [1.82, 2.24) is 16.1 Å². The first kappa shape index (κ1) is 28.1. The van der Waals surface area contributed by atoms with Gasteiger partial charge in [0.1, 0.15) is 11.5 Å². The van der Waals surface area contributed by atoms with Crippen LogP contribution in [0.3, 0.4) is 0 Å². The minimum absolute atomic E-state index is 0.0110. The fraction of sp³-hybridized carbons (Fsp3) is 0.308. The Morgan fingerprint density at radius 1 is 1.22 bits per heavy atom. The lowest BCUT2D eigenvalue weighted by Crippen LogP contribution is -2.45. The fourth-order valence-corrected chi connectivity index (χ4v) is 4.24. The number of amides is 1. The van der Waals surface area contributed by atoms with Crippen LogP contribution in [0.4, 0.5) is 0 Å². The van der Waals surface area contributed by atoms with Crippen LogP contribution in [0.15, 0.2) is 63.3 Å². The highest BCUT2D eigenvalue weighted by molar-refractivity contribution is 9.10. The van der Waals surface area contributed by atoms with Crippen LogP contribution in [0.25, 0.3) is 0 Å². The number of carbonyl (C=O) groups is 2. The zero-order valence-corrected chi connectivity index (χ0v) is 23.4. The van der Waals surface area contributed by atoms with E-state index in [1.807, 2.05) is 38.1 Å². The Hall–Kier alpha value is -3.44. The largest absolute Gasteiger partial charge is 0.490 e. The molecule has 196 valence electrons. The second-order valence-electron chi connectivity index (χ2n) is 8.26. The second kappa shape index (κ2) is 13.2. The summed E-state index contributed by atoms with van der Waals surface area (Å²) in [6, 6.07) is 12.0. The van der Waals surface area contributed by atoms with Crippen LogP contribution in [-0.2, 0) is 14.3 Å². The van der Waals surface area contributed by atoms with Crippen molar-refractivity contribution in [2.24, 2.45) is 5.10 Å². The van der Waals surface area contributed by atoms with Gasteiger partial charge in [-0.05, 0) is 64.2 Å². The van der Waals surface area contributed by atoms with Crippen molar-refractivity contribution in [2.45, 2.75) is 39.8 Å². The van der Waals surface area contributed by atoms with Crippen molar-refractivity contribution in [3.63, 3.8) is 0 Å². The summed E-state index contributed by atoms with van der Waals surface area (Å²) in [6.45, 7) is 7.29. The third-order valence-corrected chi connectivity index (χ3v) is 5.79. The predicted molar refractivity (Wildman–Crippen MR) is 149 cm³/mol. The molecule has 1 aliphatic rings. The zero-order valence-electron chi connectivity index (χ0n) is 21.0. The first-order valence-corrected chi connectivity index (χ1v) is 12.8.